The number of rotatable bonds is 20. The zero-order chi connectivity index (χ0) is 27.2. The molecule has 0 fully saturated rings. The molecule has 1 aliphatic heterocycles. The van der Waals surface area contributed by atoms with E-state index >= 15 is 0 Å². The number of carbonyl (C=O) groups is 3. The van der Waals surface area contributed by atoms with E-state index < -0.39 is 5.97 Å². The van der Waals surface area contributed by atoms with Gasteiger partial charge in [-0.15, -0.1) is 0 Å². The third-order valence-corrected chi connectivity index (χ3v) is 7.61. The highest BCUT2D eigenvalue weighted by Crippen LogP contribution is 2.34. The number of unbranched alkanes of at least 4 members (excludes halogenated alkanes) is 13. The van der Waals surface area contributed by atoms with Gasteiger partial charge in [-0.1, -0.05) is 96.1 Å². The maximum Gasteiger partial charge on any atom is 0.303 e. The summed E-state index contributed by atoms with van der Waals surface area (Å²) in [5.74, 6) is -1.20. The van der Waals surface area contributed by atoms with Gasteiger partial charge in [0.1, 0.15) is 0 Å². The van der Waals surface area contributed by atoms with Gasteiger partial charge in [0.05, 0.1) is 0 Å². The molecule has 0 saturated heterocycles. The lowest BCUT2D eigenvalue weighted by Crippen LogP contribution is -2.40. The van der Waals surface area contributed by atoms with Gasteiger partial charge in [0.2, 0.25) is 0 Å². The summed E-state index contributed by atoms with van der Waals surface area (Å²) in [5.41, 5.74) is 2.18. The molecule has 2 amide bonds. The summed E-state index contributed by atoms with van der Waals surface area (Å²) in [6, 6.07) is 9.57. The van der Waals surface area contributed by atoms with E-state index in [0.717, 1.165) is 55.1 Å². The summed E-state index contributed by atoms with van der Waals surface area (Å²) in [4.78, 5) is 38.5. The molecule has 6 heteroatoms. The third-order valence-electron chi connectivity index (χ3n) is 7.61. The Morgan fingerprint density at radius 1 is 0.737 bits per heavy atom. The Balaban J connectivity index is 1.47. The van der Waals surface area contributed by atoms with Gasteiger partial charge in [-0.05, 0) is 37.5 Å². The number of anilines is 1. The molecule has 1 heterocycles. The van der Waals surface area contributed by atoms with Gasteiger partial charge in [-0.2, -0.15) is 0 Å². The summed E-state index contributed by atoms with van der Waals surface area (Å²) >= 11 is 0. The first-order valence-corrected chi connectivity index (χ1v) is 14.9. The van der Waals surface area contributed by atoms with E-state index in [1.165, 1.54) is 62.7 Å². The minimum absolute atomic E-state index is 0.194. The fourth-order valence-electron chi connectivity index (χ4n) is 5.42. The van der Waals surface area contributed by atoms with Crippen LogP contribution in [-0.2, 0) is 4.79 Å². The molecule has 0 unspecified atom stereocenters. The second kappa shape index (κ2) is 16.2. The van der Waals surface area contributed by atoms with E-state index in [-0.39, 0.29) is 18.2 Å². The normalized spacial score (nSPS) is 12.9. The molecular formula is C32H46N2O4. The number of carboxylic acid groups (broad SMARTS) is 1. The minimum Gasteiger partial charge on any atom is -0.481 e. The van der Waals surface area contributed by atoms with Gasteiger partial charge in [0.15, 0.2) is 0 Å². The molecule has 208 valence electrons. The molecule has 0 atom stereocenters. The van der Waals surface area contributed by atoms with E-state index in [0.29, 0.717) is 24.1 Å². The zero-order valence-electron chi connectivity index (χ0n) is 23.2. The highest BCUT2D eigenvalue weighted by molar-refractivity contribution is 6.26. The maximum absolute atomic E-state index is 13.2. The van der Waals surface area contributed by atoms with Crippen molar-refractivity contribution < 1.29 is 19.5 Å². The Morgan fingerprint density at radius 3 is 1.97 bits per heavy atom. The number of imide groups is 1. The summed E-state index contributed by atoms with van der Waals surface area (Å²) in [7, 11) is 0. The van der Waals surface area contributed by atoms with Crippen molar-refractivity contribution in [3.63, 3.8) is 0 Å². The van der Waals surface area contributed by atoms with Crippen molar-refractivity contribution in [3.8, 4) is 0 Å². The second-order valence-electron chi connectivity index (χ2n) is 10.7. The number of nitrogens with one attached hydrogen (secondary N) is 1. The molecule has 6 nitrogen and oxygen atoms in total. The van der Waals surface area contributed by atoms with Gasteiger partial charge in [-0.3, -0.25) is 19.3 Å². The number of carbonyl (C=O) groups excluding carboxylic acids is 2. The number of nitrogens with zero attached hydrogens (tertiary/aromatic N) is 1. The molecule has 0 aromatic heterocycles. The van der Waals surface area contributed by atoms with Crippen molar-refractivity contribution in [1.82, 2.24) is 4.90 Å². The van der Waals surface area contributed by atoms with Crippen LogP contribution in [0, 0.1) is 0 Å². The van der Waals surface area contributed by atoms with Gasteiger partial charge >= 0.3 is 5.97 Å². The lowest BCUT2D eigenvalue weighted by atomic mass is 9.92. The van der Waals surface area contributed by atoms with Crippen LogP contribution >= 0.6 is 0 Å². The molecule has 0 aliphatic carbocycles. The van der Waals surface area contributed by atoms with Crippen molar-refractivity contribution in [2.75, 3.05) is 18.4 Å². The molecular weight excluding hydrogens is 476 g/mol. The van der Waals surface area contributed by atoms with Crippen LogP contribution in [0.1, 0.15) is 130 Å². The van der Waals surface area contributed by atoms with E-state index in [1.807, 2.05) is 30.3 Å². The van der Waals surface area contributed by atoms with Crippen LogP contribution in [0.25, 0.3) is 10.8 Å². The van der Waals surface area contributed by atoms with Gasteiger partial charge < -0.3 is 10.4 Å². The summed E-state index contributed by atoms with van der Waals surface area (Å²) in [6.07, 6.45) is 17.3. The van der Waals surface area contributed by atoms with E-state index in [2.05, 4.69) is 12.2 Å². The fourth-order valence-corrected chi connectivity index (χ4v) is 5.42. The highest BCUT2D eigenvalue weighted by Gasteiger charge is 2.32. The first-order chi connectivity index (χ1) is 18.5. The Morgan fingerprint density at radius 2 is 1.32 bits per heavy atom. The van der Waals surface area contributed by atoms with Gasteiger partial charge in [0, 0.05) is 47.1 Å². The molecule has 0 saturated carbocycles. The standard InChI is InChI=1S/C32H46N2O4/c1-2-3-4-5-6-7-8-9-12-15-23-33-28-22-21-27-30-25(28)18-17-19-26(30)31(37)34(32(27)38)24-16-13-10-11-14-20-29(35)36/h17-19,21-22,33H,2-16,20,23-24H2,1H3,(H,35,36). The molecule has 2 N–H and O–H groups in total. The fraction of sp³-hybridized carbons (Fsp3) is 0.594. The Hall–Kier alpha value is -2.89. The minimum atomic E-state index is -0.764. The van der Waals surface area contributed by atoms with Crippen molar-refractivity contribution in [2.24, 2.45) is 0 Å². The number of aliphatic carboxylic acids is 1. The topological polar surface area (TPSA) is 86.7 Å². The molecule has 1 aliphatic rings. The predicted octanol–water partition coefficient (Wildman–Crippen LogP) is 8.19. The largest absolute Gasteiger partial charge is 0.481 e. The van der Waals surface area contributed by atoms with E-state index in [1.54, 1.807) is 0 Å². The molecule has 2 aromatic carbocycles. The molecule has 38 heavy (non-hydrogen) atoms. The molecule has 0 bridgehead atoms. The van der Waals surface area contributed by atoms with E-state index in [9.17, 15) is 14.4 Å². The Kier molecular flexibility index (Phi) is 12.6. The number of amides is 2. The lowest BCUT2D eigenvalue weighted by molar-refractivity contribution is -0.137. The van der Waals surface area contributed by atoms with Crippen molar-refractivity contribution >= 4 is 34.2 Å². The van der Waals surface area contributed by atoms with Crippen molar-refractivity contribution in [2.45, 2.75) is 110 Å². The summed E-state index contributed by atoms with van der Waals surface area (Å²) < 4.78 is 0. The monoisotopic (exact) mass is 522 g/mol. The third kappa shape index (κ3) is 8.57. The molecule has 2 aromatic rings. The number of benzene rings is 2. The van der Waals surface area contributed by atoms with Crippen LogP contribution in [-0.4, -0.2) is 40.9 Å². The Bertz CT molecular complexity index is 1040. The Labute approximate surface area is 228 Å². The zero-order valence-corrected chi connectivity index (χ0v) is 23.2. The highest BCUT2D eigenvalue weighted by atomic mass is 16.4. The molecule has 0 radical (unpaired) electrons. The number of hydrogen-bond acceptors (Lipinski definition) is 4. The van der Waals surface area contributed by atoms with Crippen LogP contribution < -0.4 is 5.32 Å². The first kappa shape index (κ1) is 29.7. The molecule has 3 rings (SSSR count). The predicted molar refractivity (Wildman–Crippen MR) is 155 cm³/mol. The average molecular weight is 523 g/mol. The lowest BCUT2D eigenvalue weighted by Gasteiger charge is -2.28. The van der Waals surface area contributed by atoms with Crippen molar-refractivity contribution in [3.05, 3.63) is 41.5 Å². The number of hydrogen-bond donors (Lipinski definition) is 2. The van der Waals surface area contributed by atoms with Crippen LogP contribution in [0.2, 0.25) is 0 Å². The summed E-state index contributed by atoms with van der Waals surface area (Å²) in [6.45, 7) is 3.54. The second-order valence-corrected chi connectivity index (χ2v) is 10.7. The quantitative estimate of drug-likeness (QED) is 0.135. The average Bonchev–Trinajstić information content (AvgIpc) is 2.91. The van der Waals surface area contributed by atoms with Crippen LogP contribution in [0.5, 0.6) is 0 Å². The maximum atomic E-state index is 13.2. The smallest absolute Gasteiger partial charge is 0.303 e. The SMILES string of the molecule is CCCCCCCCCCCCNc1ccc2c3c(cccc13)C(=O)N(CCCCCCCC(=O)O)C2=O. The van der Waals surface area contributed by atoms with Crippen LogP contribution in [0.3, 0.4) is 0 Å². The van der Waals surface area contributed by atoms with Crippen LogP contribution in [0.15, 0.2) is 30.3 Å². The molecule has 0 spiro atoms. The van der Waals surface area contributed by atoms with Crippen LogP contribution in [0.4, 0.5) is 5.69 Å². The van der Waals surface area contributed by atoms with E-state index in [4.69, 9.17) is 5.11 Å². The number of carboxylic acids is 1. The summed E-state index contributed by atoms with van der Waals surface area (Å²) in [5, 5.41) is 14.0. The van der Waals surface area contributed by atoms with Gasteiger partial charge in [-0.25, -0.2) is 0 Å². The first-order valence-electron chi connectivity index (χ1n) is 14.9. The van der Waals surface area contributed by atoms with Gasteiger partial charge in [0.25, 0.3) is 11.8 Å². The van der Waals surface area contributed by atoms with Crippen molar-refractivity contribution in [1.29, 1.82) is 0 Å².